The Morgan fingerprint density at radius 3 is 2.62 bits per heavy atom. The molecule has 0 aromatic carbocycles. The smallest absolute Gasteiger partial charge is 1.00 e. The molecule has 0 spiro atoms. The van der Waals surface area contributed by atoms with Gasteiger partial charge in [-0.1, -0.05) is 12.8 Å². The van der Waals surface area contributed by atoms with Gasteiger partial charge in [-0.2, -0.15) is 0 Å². The normalized spacial score (nSPS) is 23.4. The second-order valence-corrected chi connectivity index (χ2v) is 8.44. The third-order valence-corrected chi connectivity index (χ3v) is 5.40. The van der Waals surface area contributed by atoms with Crippen molar-refractivity contribution in [3.05, 3.63) is 6.33 Å². The molecule has 32 heavy (non-hydrogen) atoms. The van der Waals surface area contributed by atoms with Crippen LogP contribution in [0.2, 0.25) is 0 Å². The molecule has 4 atom stereocenters. The van der Waals surface area contributed by atoms with Crippen molar-refractivity contribution in [3.63, 3.8) is 0 Å². The summed E-state index contributed by atoms with van der Waals surface area (Å²) in [5, 5.41) is 24.0. The number of nitrogens with zero attached hydrogens (tertiary/aromatic N) is 4. The van der Waals surface area contributed by atoms with Crippen molar-refractivity contribution in [1.29, 1.82) is 0 Å². The van der Waals surface area contributed by atoms with Gasteiger partial charge in [-0.25, -0.2) is 19.5 Å². The minimum Gasteiger partial charge on any atom is -1.00 e. The van der Waals surface area contributed by atoms with E-state index in [4.69, 9.17) is 26.0 Å². The Kier molecular flexibility index (Phi) is 9.86. The first kappa shape index (κ1) is 26.9. The van der Waals surface area contributed by atoms with Gasteiger partial charge in [0, 0.05) is 6.54 Å². The van der Waals surface area contributed by atoms with E-state index in [0.717, 1.165) is 25.7 Å². The van der Waals surface area contributed by atoms with Crippen LogP contribution in [-0.2, 0) is 13.8 Å². The molecule has 14 nitrogen and oxygen atoms in total. The molecule has 2 aromatic heterocycles. The predicted molar refractivity (Wildman–Crippen MR) is 111 cm³/mol. The van der Waals surface area contributed by atoms with Crippen LogP contribution in [0.3, 0.4) is 0 Å². The second kappa shape index (κ2) is 11.7. The van der Waals surface area contributed by atoms with Crippen LogP contribution in [-0.4, -0.2) is 77.5 Å². The number of ether oxygens (including phenoxy) is 1. The van der Waals surface area contributed by atoms with Crippen LogP contribution in [0.5, 0.6) is 0 Å². The van der Waals surface area contributed by atoms with Crippen molar-refractivity contribution in [2.75, 3.05) is 30.7 Å². The van der Waals surface area contributed by atoms with Gasteiger partial charge in [-0.05, 0) is 19.4 Å². The fourth-order valence-electron chi connectivity index (χ4n) is 3.37. The standard InChI is InChI=1S/C16H28N7O7P.Li.H/c17-5-3-1-2-4-6-19-16-22-10-13(18)20-8-21-14(10)23(16)15-12(25)11(24)9(30-15)7-29-31(26,27)28;;/h8-9,11-12,15,24-25H,1-7,17H2,(H,19,22)(H2,18,20,21)(H2,26,27,28);;/q;+1;-1/t9-,11-,12-,15-;;/m1../s1. The van der Waals surface area contributed by atoms with E-state index in [1.165, 1.54) is 10.9 Å². The molecule has 1 aliphatic rings. The van der Waals surface area contributed by atoms with E-state index in [1.54, 1.807) is 0 Å². The fraction of sp³-hybridized carbons (Fsp3) is 0.688. The van der Waals surface area contributed by atoms with Gasteiger partial charge in [0.15, 0.2) is 23.2 Å². The zero-order chi connectivity index (χ0) is 22.6. The summed E-state index contributed by atoms with van der Waals surface area (Å²) in [6.07, 6.45) is -0.240. The van der Waals surface area contributed by atoms with Crippen LogP contribution in [0.25, 0.3) is 11.2 Å². The van der Waals surface area contributed by atoms with Crippen molar-refractivity contribution in [1.82, 2.24) is 19.5 Å². The number of rotatable bonds is 11. The van der Waals surface area contributed by atoms with Crippen LogP contribution >= 0.6 is 7.82 Å². The number of hydrogen-bond acceptors (Lipinski definition) is 11. The van der Waals surface area contributed by atoms with Crippen molar-refractivity contribution in [3.8, 4) is 0 Å². The first-order valence-corrected chi connectivity index (χ1v) is 11.4. The Morgan fingerprint density at radius 2 is 1.94 bits per heavy atom. The molecule has 0 radical (unpaired) electrons. The van der Waals surface area contributed by atoms with E-state index in [1.807, 2.05) is 0 Å². The minimum absolute atomic E-state index is 0. The number of nitrogens with two attached hydrogens (primary N) is 2. The molecule has 176 valence electrons. The number of phosphoric ester groups is 1. The maximum Gasteiger partial charge on any atom is 1.00 e. The Balaban J connectivity index is 0.00000272. The van der Waals surface area contributed by atoms with E-state index >= 15 is 0 Å². The molecule has 1 fully saturated rings. The number of imidazole rings is 1. The van der Waals surface area contributed by atoms with E-state index in [9.17, 15) is 14.8 Å². The largest absolute Gasteiger partial charge is 1.00 e. The maximum atomic E-state index is 11.0. The van der Waals surface area contributed by atoms with Gasteiger partial charge in [-0.3, -0.25) is 9.09 Å². The van der Waals surface area contributed by atoms with E-state index in [0.29, 0.717) is 19.0 Å². The summed E-state index contributed by atoms with van der Waals surface area (Å²) >= 11 is 0. The molecule has 1 saturated heterocycles. The Bertz CT molecular complexity index is 936. The summed E-state index contributed by atoms with van der Waals surface area (Å²) in [5.41, 5.74) is 12.0. The van der Waals surface area contributed by atoms with Gasteiger partial charge in [-0.15, -0.1) is 0 Å². The number of hydrogen-bond donors (Lipinski definition) is 7. The fourth-order valence-corrected chi connectivity index (χ4v) is 3.71. The third kappa shape index (κ3) is 6.39. The Labute approximate surface area is 197 Å². The SMILES string of the molecule is NCCCCCCNc1nc2c(N)ncnc2n1[C@@H]1O[C@H](COP(=O)(O)O)[C@@H](O)[C@H]1O.[H-].[Li+]. The summed E-state index contributed by atoms with van der Waals surface area (Å²) in [7, 11) is -4.78. The molecule has 0 amide bonds. The summed E-state index contributed by atoms with van der Waals surface area (Å²) in [6.45, 7) is 0.595. The summed E-state index contributed by atoms with van der Waals surface area (Å²) < 4.78 is 22.5. The first-order chi connectivity index (χ1) is 14.7. The van der Waals surface area contributed by atoms with E-state index < -0.39 is 39.0 Å². The number of anilines is 2. The van der Waals surface area contributed by atoms with Crippen LogP contribution in [0.4, 0.5) is 11.8 Å². The Hall–Kier alpha value is -1.30. The number of aromatic nitrogens is 4. The molecule has 3 rings (SSSR count). The van der Waals surface area contributed by atoms with E-state index in [-0.39, 0.29) is 37.3 Å². The summed E-state index contributed by atoms with van der Waals surface area (Å²) in [4.78, 5) is 30.3. The number of nitrogen functional groups attached to an aromatic ring is 1. The molecule has 3 heterocycles. The molecule has 0 saturated carbocycles. The zero-order valence-electron chi connectivity index (χ0n) is 18.7. The number of unbranched alkanes of at least 4 members (excludes halogenated alkanes) is 3. The van der Waals surface area contributed by atoms with Gasteiger partial charge in [0.1, 0.15) is 24.6 Å². The van der Waals surface area contributed by atoms with Gasteiger partial charge >= 0.3 is 26.7 Å². The number of aliphatic hydroxyl groups is 2. The monoisotopic (exact) mass is 469 g/mol. The number of nitrogens with one attached hydrogen (secondary N) is 1. The average molecular weight is 469 g/mol. The van der Waals surface area contributed by atoms with Crippen LogP contribution in [0, 0.1) is 0 Å². The van der Waals surface area contributed by atoms with E-state index in [2.05, 4.69) is 24.8 Å². The van der Waals surface area contributed by atoms with Gasteiger partial charge in [0.25, 0.3) is 0 Å². The second-order valence-electron chi connectivity index (χ2n) is 7.20. The van der Waals surface area contributed by atoms with Crippen LogP contribution in [0.15, 0.2) is 6.33 Å². The van der Waals surface area contributed by atoms with Crippen molar-refractivity contribution >= 4 is 30.8 Å². The number of phosphoric acid groups is 1. The van der Waals surface area contributed by atoms with Crippen LogP contribution < -0.4 is 35.6 Å². The molecular formula is C16H29LiN7O7P. The topological polar surface area (TPSA) is 224 Å². The zero-order valence-corrected chi connectivity index (χ0v) is 18.6. The first-order valence-electron chi connectivity index (χ1n) is 9.87. The summed E-state index contributed by atoms with van der Waals surface area (Å²) in [6, 6.07) is 0. The molecule has 0 aliphatic carbocycles. The van der Waals surface area contributed by atoms with Gasteiger partial charge < -0.3 is 42.9 Å². The number of aliphatic hydroxyl groups excluding tert-OH is 2. The van der Waals surface area contributed by atoms with Gasteiger partial charge in [0.2, 0.25) is 5.95 Å². The minimum atomic E-state index is -4.78. The van der Waals surface area contributed by atoms with Crippen molar-refractivity contribution < 1.29 is 54.1 Å². The number of fused-ring (bicyclic) bond motifs is 1. The molecule has 2 aromatic rings. The van der Waals surface area contributed by atoms with Crippen molar-refractivity contribution in [2.24, 2.45) is 5.73 Å². The molecule has 1 aliphatic heterocycles. The molecule has 0 unspecified atom stereocenters. The third-order valence-electron chi connectivity index (χ3n) is 4.92. The Morgan fingerprint density at radius 1 is 1.22 bits per heavy atom. The van der Waals surface area contributed by atoms with Crippen LogP contribution in [0.1, 0.15) is 33.3 Å². The molecule has 16 heteroatoms. The molecule has 9 N–H and O–H groups in total. The summed E-state index contributed by atoms with van der Waals surface area (Å²) in [5.74, 6) is 0.429. The molecule has 0 bridgehead atoms. The molecular weight excluding hydrogens is 440 g/mol. The maximum absolute atomic E-state index is 11.0. The average Bonchev–Trinajstić information content (AvgIpc) is 3.21. The predicted octanol–water partition coefficient (Wildman–Crippen LogP) is -3.82. The van der Waals surface area contributed by atoms with Crippen molar-refractivity contribution in [2.45, 2.75) is 50.2 Å². The quantitative estimate of drug-likeness (QED) is 0.0953. The van der Waals surface area contributed by atoms with Gasteiger partial charge in [0.05, 0.1) is 6.61 Å².